The summed E-state index contributed by atoms with van der Waals surface area (Å²) in [4.78, 5) is 23.6. The second-order valence-corrected chi connectivity index (χ2v) is 7.45. The highest BCUT2D eigenvalue weighted by Crippen LogP contribution is 2.23. The molecule has 0 bridgehead atoms. The lowest BCUT2D eigenvalue weighted by Crippen LogP contribution is -2.27. The summed E-state index contributed by atoms with van der Waals surface area (Å²) < 4.78 is 0. The van der Waals surface area contributed by atoms with Gasteiger partial charge in [-0.3, -0.25) is 9.59 Å². The van der Waals surface area contributed by atoms with Crippen molar-refractivity contribution in [2.24, 2.45) is 5.41 Å². The number of aryl methyl sites for hydroxylation is 1. The van der Waals surface area contributed by atoms with E-state index in [0.717, 1.165) is 18.4 Å². The number of carbonyl (C=O) groups is 2. The monoisotopic (exact) mass is 338 g/mol. The molecule has 0 aliphatic carbocycles. The van der Waals surface area contributed by atoms with Crippen LogP contribution in [0.1, 0.15) is 52.0 Å². The first-order valence-corrected chi connectivity index (χ1v) is 8.38. The lowest BCUT2D eigenvalue weighted by atomic mass is 9.90. The van der Waals surface area contributed by atoms with Crippen molar-refractivity contribution in [3.05, 3.63) is 28.8 Å². The van der Waals surface area contributed by atoms with E-state index in [2.05, 4.69) is 31.4 Å². The Hall–Kier alpha value is -1.55. The van der Waals surface area contributed by atoms with Crippen LogP contribution in [-0.4, -0.2) is 18.4 Å². The minimum atomic E-state index is -0.161. The number of halogens is 1. The van der Waals surface area contributed by atoms with Crippen LogP contribution in [0.4, 0.5) is 5.69 Å². The van der Waals surface area contributed by atoms with Crippen molar-refractivity contribution < 1.29 is 9.59 Å². The van der Waals surface area contributed by atoms with Gasteiger partial charge in [0, 0.05) is 19.4 Å². The summed E-state index contributed by atoms with van der Waals surface area (Å²) in [5.41, 5.74) is 1.88. The summed E-state index contributed by atoms with van der Waals surface area (Å²) >= 11 is 6.07. The van der Waals surface area contributed by atoms with Crippen LogP contribution in [0.3, 0.4) is 0 Å². The van der Waals surface area contributed by atoms with Crippen molar-refractivity contribution in [1.29, 1.82) is 0 Å². The molecular weight excluding hydrogens is 312 g/mol. The van der Waals surface area contributed by atoms with Gasteiger partial charge in [0.15, 0.2) is 0 Å². The normalized spacial score (nSPS) is 11.2. The summed E-state index contributed by atoms with van der Waals surface area (Å²) in [6.07, 6.45) is 2.60. The van der Waals surface area contributed by atoms with E-state index in [9.17, 15) is 9.59 Å². The Kier molecular flexibility index (Phi) is 7.56. The van der Waals surface area contributed by atoms with Crippen molar-refractivity contribution in [1.82, 2.24) is 5.32 Å². The zero-order valence-corrected chi connectivity index (χ0v) is 15.2. The van der Waals surface area contributed by atoms with Crippen LogP contribution in [0.25, 0.3) is 0 Å². The van der Waals surface area contributed by atoms with E-state index in [0.29, 0.717) is 23.7 Å². The molecule has 0 spiro atoms. The van der Waals surface area contributed by atoms with Crippen molar-refractivity contribution in [2.75, 3.05) is 11.9 Å². The molecule has 0 saturated heterocycles. The van der Waals surface area contributed by atoms with Crippen LogP contribution < -0.4 is 10.6 Å². The van der Waals surface area contributed by atoms with Gasteiger partial charge in [0.2, 0.25) is 11.8 Å². The highest BCUT2D eigenvalue weighted by Gasteiger charge is 2.11. The van der Waals surface area contributed by atoms with Crippen LogP contribution in [0.2, 0.25) is 5.02 Å². The average Bonchev–Trinajstić information content (AvgIpc) is 2.40. The molecule has 23 heavy (non-hydrogen) atoms. The molecule has 0 atom stereocenters. The van der Waals surface area contributed by atoms with Crippen LogP contribution in [0.15, 0.2) is 18.2 Å². The van der Waals surface area contributed by atoms with Gasteiger partial charge < -0.3 is 10.6 Å². The van der Waals surface area contributed by atoms with E-state index in [4.69, 9.17) is 11.6 Å². The highest BCUT2D eigenvalue weighted by molar-refractivity contribution is 6.33. The highest BCUT2D eigenvalue weighted by atomic mass is 35.5. The number of benzene rings is 1. The zero-order valence-electron chi connectivity index (χ0n) is 14.5. The van der Waals surface area contributed by atoms with Gasteiger partial charge in [-0.05, 0) is 42.9 Å². The fourth-order valence-electron chi connectivity index (χ4n) is 2.12. The molecule has 0 radical (unpaired) electrons. The maximum absolute atomic E-state index is 11.9. The van der Waals surface area contributed by atoms with E-state index in [-0.39, 0.29) is 23.7 Å². The maximum atomic E-state index is 11.9. The number of rotatable bonds is 7. The van der Waals surface area contributed by atoms with Crippen molar-refractivity contribution in [3.63, 3.8) is 0 Å². The van der Waals surface area contributed by atoms with Crippen LogP contribution in [-0.2, 0) is 9.59 Å². The second-order valence-electron chi connectivity index (χ2n) is 7.05. The fraction of sp³-hybridized carbons (Fsp3) is 0.556. The molecule has 128 valence electrons. The number of carbonyl (C=O) groups excluding carboxylic acids is 2. The number of nitrogens with one attached hydrogen (secondary N) is 2. The minimum absolute atomic E-state index is 0.00424. The van der Waals surface area contributed by atoms with Gasteiger partial charge in [0.05, 0.1) is 10.7 Å². The Bertz CT molecular complexity index is 550. The number of anilines is 1. The molecule has 2 N–H and O–H groups in total. The Labute approximate surface area is 144 Å². The molecule has 0 aliphatic heterocycles. The molecule has 0 fully saturated rings. The van der Waals surface area contributed by atoms with Crippen LogP contribution >= 0.6 is 11.6 Å². The van der Waals surface area contributed by atoms with Gasteiger partial charge in [-0.15, -0.1) is 0 Å². The summed E-state index contributed by atoms with van der Waals surface area (Å²) in [6, 6.07) is 5.47. The van der Waals surface area contributed by atoms with Crippen molar-refractivity contribution in [3.8, 4) is 0 Å². The summed E-state index contributed by atoms with van der Waals surface area (Å²) in [7, 11) is 0. The third-order valence-electron chi connectivity index (χ3n) is 3.40. The molecule has 0 heterocycles. The smallest absolute Gasteiger partial charge is 0.226 e. The van der Waals surface area contributed by atoms with Gasteiger partial charge >= 0.3 is 0 Å². The molecule has 5 heteroatoms. The maximum Gasteiger partial charge on any atom is 0.226 e. The number of hydrogen-bond acceptors (Lipinski definition) is 2. The molecule has 0 unspecified atom stereocenters. The van der Waals surface area contributed by atoms with E-state index < -0.39 is 0 Å². The average molecular weight is 339 g/mol. The standard InChI is InChI=1S/C18H27ClN2O2/c1-13-7-8-15(14(19)12-13)21-17(23)9-11-20-16(22)6-5-10-18(2,3)4/h7-8,12H,5-6,9-11H2,1-4H3,(H,20,22)(H,21,23). The molecule has 0 aromatic heterocycles. The number of hydrogen-bond donors (Lipinski definition) is 2. The van der Waals surface area contributed by atoms with E-state index in [1.54, 1.807) is 12.1 Å². The Morgan fingerprint density at radius 1 is 1.13 bits per heavy atom. The third kappa shape index (κ3) is 8.60. The van der Waals surface area contributed by atoms with Gasteiger partial charge in [0.1, 0.15) is 0 Å². The molecule has 0 aliphatic rings. The number of amides is 2. The molecule has 1 aromatic rings. The minimum Gasteiger partial charge on any atom is -0.356 e. The predicted octanol–water partition coefficient (Wildman–Crippen LogP) is 4.31. The third-order valence-corrected chi connectivity index (χ3v) is 3.72. The molecular formula is C18H27ClN2O2. The quantitative estimate of drug-likeness (QED) is 0.778. The fourth-order valence-corrected chi connectivity index (χ4v) is 2.40. The largest absolute Gasteiger partial charge is 0.356 e. The molecule has 1 aromatic carbocycles. The molecule has 0 saturated carbocycles. The topological polar surface area (TPSA) is 58.2 Å². The van der Waals surface area contributed by atoms with E-state index in [1.165, 1.54) is 0 Å². The van der Waals surface area contributed by atoms with Gasteiger partial charge in [0.25, 0.3) is 0 Å². The Morgan fingerprint density at radius 2 is 1.83 bits per heavy atom. The Balaban J connectivity index is 2.24. The van der Waals surface area contributed by atoms with Gasteiger partial charge in [-0.2, -0.15) is 0 Å². The van der Waals surface area contributed by atoms with E-state index in [1.807, 2.05) is 13.0 Å². The first kappa shape index (κ1) is 19.5. The molecule has 2 amide bonds. The SMILES string of the molecule is Cc1ccc(NC(=O)CCNC(=O)CCCC(C)(C)C)c(Cl)c1. The second kappa shape index (κ2) is 8.92. The lowest BCUT2D eigenvalue weighted by molar-refractivity contribution is -0.121. The zero-order chi connectivity index (χ0) is 17.5. The van der Waals surface area contributed by atoms with E-state index >= 15 is 0 Å². The summed E-state index contributed by atoms with van der Waals surface area (Å²) in [6.45, 7) is 8.75. The first-order chi connectivity index (χ1) is 10.7. The van der Waals surface area contributed by atoms with Crippen LogP contribution in [0.5, 0.6) is 0 Å². The summed E-state index contributed by atoms with van der Waals surface area (Å²) in [5.74, 6) is -0.166. The van der Waals surface area contributed by atoms with Crippen LogP contribution in [0, 0.1) is 12.3 Å². The lowest BCUT2D eigenvalue weighted by Gasteiger charge is -2.17. The molecule has 1 rings (SSSR count). The van der Waals surface area contributed by atoms with Crippen molar-refractivity contribution >= 4 is 29.1 Å². The van der Waals surface area contributed by atoms with Crippen molar-refractivity contribution in [2.45, 2.75) is 53.4 Å². The van der Waals surface area contributed by atoms with Gasteiger partial charge in [-0.25, -0.2) is 0 Å². The Morgan fingerprint density at radius 3 is 2.43 bits per heavy atom. The predicted molar refractivity (Wildman–Crippen MR) is 95.8 cm³/mol. The first-order valence-electron chi connectivity index (χ1n) is 8.00. The summed E-state index contributed by atoms with van der Waals surface area (Å²) in [5, 5.41) is 6.05. The molecule has 4 nitrogen and oxygen atoms in total. The van der Waals surface area contributed by atoms with Gasteiger partial charge in [-0.1, -0.05) is 38.4 Å².